The molecular formula is C5H14BrNO5. The molecule has 76 valence electrons. The molecule has 0 heterocycles. The van der Waals surface area contributed by atoms with E-state index in [1.54, 1.807) is 6.92 Å². The molecule has 0 fully saturated rings. The summed E-state index contributed by atoms with van der Waals surface area (Å²) in [6, 6.07) is 0. The molecule has 5 N–H and O–H groups in total. The second-order valence-corrected chi connectivity index (χ2v) is 2.42. The maximum atomic E-state index is 8.91. The molecule has 0 aliphatic heterocycles. The van der Waals surface area contributed by atoms with Gasteiger partial charge >= 0.3 is 0 Å². The highest BCUT2D eigenvalue weighted by Gasteiger charge is 2.28. The molecule has 0 aromatic carbocycles. The molecule has 0 bridgehead atoms. The molecule has 0 rings (SSSR count). The predicted octanol–water partition coefficient (Wildman–Crippen LogP) is -3.89. The minimum Gasteiger partial charge on any atom is -1.00 e. The number of aliphatic hydroxyl groups excluding tert-OH is 2. The van der Waals surface area contributed by atoms with Crippen LogP contribution in [0.15, 0.2) is 0 Å². The maximum absolute atomic E-state index is 8.91. The largest absolute Gasteiger partial charge is 1.00 e. The van der Waals surface area contributed by atoms with Gasteiger partial charge in [-0.25, -0.2) is 0 Å². The van der Waals surface area contributed by atoms with Crippen molar-refractivity contribution in [2.24, 2.45) is 0 Å². The van der Waals surface area contributed by atoms with E-state index < -0.39 is 23.7 Å². The summed E-state index contributed by atoms with van der Waals surface area (Å²) in [6.45, 7) is 0.879. The number of hydrogen-bond acceptors (Lipinski definition) is 5. The van der Waals surface area contributed by atoms with Gasteiger partial charge in [-0.05, 0) is 6.42 Å². The first-order valence-corrected chi connectivity index (χ1v) is 3.29. The number of hydroxylamine groups is 3. The Labute approximate surface area is 80.5 Å². The zero-order valence-electron chi connectivity index (χ0n) is 6.63. The lowest BCUT2D eigenvalue weighted by Gasteiger charge is -2.18. The summed E-state index contributed by atoms with van der Waals surface area (Å²) in [4.78, 5) is -2.32. The molecule has 0 radical (unpaired) electrons. The second kappa shape index (κ2) is 5.81. The summed E-state index contributed by atoms with van der Waals surface area (Å²) in [5, 5.41) is 42.7. The summed E-state index contributed by atoms with van der Waals surface area (Å²) in [6.07, 6.45) is -2.12. The van der Waals surface area contributed by atoms with Crippen LogP contribution in [0.25, 0.3) is 0 Å². The Morgan fingerprint density at radius 3 is 1.75 bits per heavy atom. The Hall–Kier alpha value is 0.240. The Morgan fingerprint density at radius 2 is 1.50 bits per heavy atom. The molecule has 0 amide bonds. The van der Waals surface area contributed by atoms with E-state index in [-0.39, 0.29) is 23.4 Å². The average Bonchev–Trinajstić information content (AvgIpc) is 1.82. The summed E-state index contributed by atoms with van der Waals surface area (Å²) >= 11 is 0. The van der Waals surface area contributed by atoms with Crippen LogP contribution >= 0.6 is 0 Å². The van der Waals surface area contributed by atoms with Gasteiger partial charge in [0.25, 0.3) is 0 Å². The van der Waals surface area contributed by atoms with Gasteiger partial charge in [-0.15, -0.1) is 15.6 Å². The fraction of sp³-hybridized carbons (Fsp3) is 1.00. The lowest BCUT2D eigenvalue weighted by Crippen LogP contribution is -3.00. The summed E-state index contributed by atoms with van der Waals surface area (Å²) in [5.74, 6) is 0. The van der Waals surface area contributed by atoms with Crippen LogP contribution in [0.5, 0.6) is 0 Å². The molecular weight excluding hydrogens is 234 g/mol. The highest BCUT2D eigenvalue weighted by atomic mass is 79.9. The number of aliphatic hydroxyl groups is 2. The monoisotopic (exact) mass is 247 g/mol. The van der Waals surface area contributed by atoms with Crippen molar-refractivity contribution < 1.29 is 47.8 Å². The third-order valence-electron chi connectivity index (χ3n) is 1.29. The van der Waals surface area contributed by atoms with Gasteiger partial charge in [-0.3, -0.25) is 0 Å². The average molecular weight is 248 g/mol. The van der Waals surface area contributed by atoms with E-state index in [9.17, 15) is 0 Å². The Bertz CT molecular complexity index is 117. The van der Waals surface area contributed by atoms with Gasteiger partial charge in [0, 0.05) is 0 Å². The molecule has 7 heteroatoms. The summed E-state index contributed by atoms with van der Waals surface area (Å²) in [7, 11) is 0. The summed E-state index contributed by atoms with van der Waals surface area (Å²) in [5.41, 5.74) is 0. The molecule has 6 nitrogen and oxygen atoms in total. The van der Waals surface area contributed by atoms with Crippen LogP contribution in [-0.2, 0) is 0 Å². The van der Waals surface area contributed by atoms with E-state index in [2.05, 4.69) is 0 Å². The van der Waals surface area contributed by atoms with E-state index in [1.807, 2.05) is 0 Å². The van der Waals surface area contributed by atoms with Crippen molar-refractivity contribution in [2.45, 2.75) is 25.6 Å². The molecule has 0 spiro atoms. The topological polar surface area (TPSA) is 101 Å². The number of hydrogen-bond donors (Lipinski definition) is 5. The van der Waals surface area contributed by atoms with Crippen LogP contribution in [0, 0.1) is 0 Å². The quantitative estimate of drug-likeness (QED) is 0.259. The van der Waals surface area contributed by atoms with Gasteiger partial charge in [-0.2, -0.15) is 0 Å². The SMILES string of the molecule is CCC(O)C(O)C[N+](O)(O)O.[Br-]. The fourth-order valence-electron chi connectivity index (χ4n) is 0.645. The highest BCUT2D eigenvalue weighted by molar-refractivity contribution is 4.62. The molecule has 12 heavy (non-hydrogen) atoms. The van der Waals surface area contributed by atoms with E-state index in [4.69, 9.17) is 25.8 Å². The number of nitrogens with zero attached hydrogens (tertiary/aromatic N) is 1. The summed E-state index contributed by atoms with van der Waals surface area (Å²) < 4.78 is 0. The van der Waals surface area contributed by atoms with Gasteiger partial charge < -0.3 is 27.2 Å². The number of rotatable bonds is 4. The first-order valence-electron chi connectivity index (χ1n) is 3.29. The van der Waals surface area contributed by atoms with Crippen LogP contribution in [0.1, 0.15) is 13.3 Å². The van der Waals surface area contributed by atoms with Crippen LogP contribution < -0.4 is 17.0 Å². The predicted molar refractivity (Wildman–Crippen MR) is 32.8 cm³/mol. The zero-order chi connectivity index (χ0) is 9.07. The Balaban J connectivity index is 0. The first kappa shape index (κ1) is 14.7. The highest BCUT2D eigenvalue weighted by Crippen LogP contribution is 2.01. The van der Waals surface area contributed by atoms with Crippen molar-refractivity contribution in [3.05, 3.63) is 0 Å². The van der Waals surface area contributed by atoms with Crippen LogP contribution in [0.3, 0.4) is 0 Å². The second-order valence-electron chi connectivity index (χ2n) is 2.42. The van der Waals surface area contributed by atoms with Crippen LogP contribution in [0.4, 0.5) is 0 Å². The normalized spacial score (nSPS) is 16.5. The third-order valence-corrected chi connectivity index (χ3v) is 1.29. The minimum atomic E-state index is -2.32. The van der Waals surface area contributed by atoms with Gasteiger partial charge in [0.15, 0.2) is 0 Å². The molecule has 0 aliphatic carbocycles. The lowest BCUT2D eigenvalue weighted by atomic mass is 10.1. The number of halogens is 1. The molecule has 0 aromatic heterocycles. The molecule has 2 unspecified atom stereocenters. The fourth-order valence-corrected chi connectivity index (χ4v) is 0.645. The van der Waals surface area contributed by atoms with Crippen molar-refractivity contribution >= 4 is 0 Å². The van der Waals surface area contributed by atoms with Crippen LogP contribution in [0.2, 0.25) is 0 Å². The van der Waals surface area contributed by atoms with Gasteiger partial charge in [0.2, 0.25) is 6.54 Å². The van der Waals surface area contributed by atoms with Crippen LogP contribution in [-0.4, -0.2) is 49.6 Å². The smallest absolute Gasteiger partial charge is 0.205 e. The molecule has 2 atom stereocenters. The van der Waals surface area contributed by atoms with Crippen molar-refractivity contribution in [3.8, 4) is 0 Å². The van der Waals surface area contributed by atoms with E-state index in [0.29, 0.717) is 0 Å². The molecule has 0 aliphatic rings. The molecule has 0 saturated heterocycles. The zero-order valence-corrected chi connectivity index (χ0v) is 8.22. The van der Waals surface area contributed by atoms with Gasteiger partial charge in [0.1, 0.15) is 6.10 Å². The van der Waals surface area contributed by atoms with E-state index in [1.165, 1.54) is 0 Å². The van der Waals surface area contributed by atoms with Gasteiger partial charge in [0.05, 0.1) is 11.1 Å². The van der Waals surface area contributed by atoms with E-state index >= 15 is 0 Å². The molecule has 0 aromatic rings. The van der Waals surface area contributed by atoms with Crippen molar-refractivity contribution in [1.29, 1.82) is 0 Å². The standard InChI is InChI=1S/C5H14NO5.BrH/c1-2-4(7)5(8)3-6(9,10)11;/h4-5,7-11H,2-3H2,1H3;1H/q+1;/p-1. The van der Waals surface area contributed by atoms with E-state index in [0.717, 1.165) is 0 Å². The Morgan fingerprint density at radius 1 is 1.08 bits per heavy atom. The third kappa shape index (κ3) is 6.92. The minimum absolute atomic E-state index is 0. The van der Waals surface area contributed by atoms with Crippen molar-refractivity contribution in [1.82, 2.24) is 0 Å². The lowest BCUT2D eigenvalue weighted by molar-refractivity contribution is -1.37. The number of quaternary nitrogens is 1. The first-order chi connectivity index (χ1) is 4.87. The molecule has 0 saturated carbocycles. The Kier molecular flexibility index (Phi) is 7.14. The maximum Gasteiger partial charge on any atom is 0.205 e. The van der Waals surface area contributed by atoms with Crippen molar-refractivity contribution in [2.75, 3.05) is 6.54 Å². The van der Waals surface area contributed by atoms with Crippen molar-refractivity contribution in [3.63, 3.8) is 0 Å². The van der Waals surface area contributed by atoms with Gasteiger partial charge in [-0.1, -0.05) is 6.92 Å².